The van der Waals surface area contributed by atoms with E-state index < -0.39 is 16.1 Å². The fourth-order valence-electron chi connectivity index (χ4n) is 1.93. The third kappa shape index (κ3) is 3.85. The monoisotopic (exact) mass is 387 g/mol. The Hall–Kier alpha value is -1.44. The highest BCUT2D eigenvalue weighted by Gasteiger charge is 2.19. The van der Waals surface area contributed by atoms with Crippen LogP contribution in [0.15, 0.2) is 51.8 Å². The van der Waals surface area contributed by atoms with E-state index in [2.05, 4.69) is 20.7 Å². The summed E-state index contributed by atoms with van der Waals surface area (Å²) in [7, 11) is -2.19. The Bertz CT molecular complexity index is 763. The lowest BCUT2D eigenvalue weighted by Crippen LogP contribution is -2.26. The molecule has 2 aromatic rings. The van der Waals surface area contributed by atoms with Gasteiger partial charge in [0.25, 0.3) is 0 Å². The van der Waals surface area contributed by atoms with Gasteiger partial charge >= 0.3 is 0 Å². The average molecular weight is 388 g/mol. The van der Waals surface area contributed by atoms with Gasteiger partial charge in [-0.2, -0.15) is 0 Å². The standard InChI is InChI=1S/C15H15BrFNO3S/c1-10(11-3-5-12(17)6-4-11)18-22(19,20)13-7-8-15(21-2)14(16)9-13/h3-10,18H,1-2H3/t10-/m1/s1. The molecule has 7 heteroatoms. The second-order valence-corrected chi connectivity index (χ2v) is 7.26. The molecule has 0 heterocycles. The van der Waals surface area contributed by atoms with Gasteiger partial charge in [0.05, 0.1) is 16.5 Å². The van der Waals surface area contributed by atoms with Gasteiger partial charge in [-0.15, -0.1) is 0 Å². The van der Waals surface area contributed by atoms with Crippen LogP contribution in [0.3, 0.4) is 0 Å². The lowest BCUT2D eigenvalue weighted by atomic mass is 10.1. The molecule has 0 unspecified atom stereocenters. The molecule has 0 bridgehead atoms. The number of rotatable bonds is 5. The maximum Gasteiger partial charge on any atom is 0.241 e. The predicted octanol–water partition coefficient (Wildman–Crippen LogP) is 3.64. The van der Waals surface area contributed by atoms with Crippen LogP contribution < -0.4 is 9.46 Å². The quantitative estimate of drug-likeness (QED) is 0.851. The Morgan fingerprint density at radius 2 is 1.82 bits per heavy atom. The van der Waals surface area contributed by atoms with Crippen molar-refractivity contribution >= 4 is 26.0 Å². The predicted molar refractivity (Wildman–Crippen MR) is 85.8 cm³/mol. The van der Waals surface area contributed by atoms with Crippen molar-refractivity contribution in [1.82, 2.24) is 4.72 Å². The molecule has 0 saturated heterocycles. The average Bonchev–Trinajstić information content (AvgIpc) is 2.47. The Labute approximate surface area is 137 Å². The molecule has 0 aromatic heterocycles. The molecule has 0 radical (unpaired) electrons. The summed E-state index contributed by atoms with van der Waals surface area (Å²) in [6.07, 6.45) is 0. The molecule has 0 aliphatic rings. The largest absolute Gasteiger partial charge is 0.496 e. The molecule has 0 aliphatic heterocycles. The van der Waals surface area contributed by atoms with Gasteiger partial charge in [-0.3, -0.25) is 0 Å². The van der Waals surface area contributed by atoms with Gasteiger partial charge in [0.1, 0.15) is 11.6 Å². The van der Waals surface area contributed by atoms with Crippen LogP contribution in [0.25, 0.3) is 0 Å². The number of methoxy groups -OCH3 is 1. The normalized spacial score (nSPS) is 12.9. The van der Waals surface area contributed by atoms with Crippen molar-refractivity contribution in [3.63, 3.8) is 0 Å². The molecule has 0 saturated carbocycles. The van der Waals surface area contributed by atoms with Crippen LogP contribution in [0.4, 0.5) is 4.39 Å². The van der Waals surface area contributed by atoms with Gasteiger partial charge in [0.15, 0.2) is 0 Å². The number of hydrogen-bond acceptors (Lipinski definition) is 3. The molecule has 1 atom stereocenters. The van der Waals surface area contributed by atoms with Crippen LogP contribution in [0, 0.1) is 5.82 Å². The topological polar surface area (TPSA) is 55.4 Å². The highest BCUT2D eigenvalue weighted by Crippen LogP contribution is 2.28. The number of halogens is 2. The van der Waals surface area contributed by atoms with E-state index in [-0.39, 0.29) is 10.7 Å². The van der Waals surface area contributed by atoms with Crippen LogP contribution in [-0.2, 0) is 10.0 Å². The molecule has 2 aromatic carbocycles. The van der Waals surface area contributed by atoms with Crippen LogP contribution >= 0.6 is 15.9 Å². The van der Waals surface area contributed by atoms with E-state index in [0.717, 1.165) is 0 Å². The maximum absolute atomic E-state index is 12.9. The third-order valence-corrected chi connectivity index (χ3v) is 5.29. The van der Waals surface area contributed by atoms with E-state index >= 15 is 0 Å². The summed E-state index contributed by atoms with van der Waals surface area (Å²) in [6.45, 7) is 1.70. The Balaban J connectivity index is 2.23. The second-order valence-electron chi connectivity index (χ2n) is 4.69. The molecule has 2 rings (SSSR count). The molecule has 0 aliphatic carbocycles. The minimum atomic E-state index is -3.69. The van der Waals surface area contributed by atoms with Gasteiger partial charge in [0, 0.05) is 6.04 Å². The number of benzene rings is 2. The zero-order valence-corrected chi connectivity index (χ0v) is 14.4. The first-order valence-electron chi connectivity index (χ1n) is 6.45. The van der Waals surface area contributed by atoms with E-state index in [0.29, 0.717) is 15.8 Å². The van der Waals surface area contributed by atoms with Crippen molar-refractivity contribution in [2.75, 3.05) is 7.11 Å². The van der Waals surface area contributed by atoms with Gasteiger partial charge in [-0.05, 0) is 58.7 Å². The molecular weight excluding hydrogens is 373 g/mol. The Kier molecular flexibility index (Phi) is 5.20. The summed E-state index contributed by atoms with van der Waals surface area (Å²) >= 11 is 3.26. The van der Waals surface area contributed by atoms with E-state index in [9.17, 15) is 12.8 Å². The summed E-state index contributed by atoms with van der Waals surface area (Å²) in [6, 6.07) is 9.71. The second kappa shape index (κ2) is 6.76. The molecule has 118 valence electrons. The van der Waals surface area contributed by atoms with Crippen LogP contribution in [0.5, 0.6) is 5.75 Å². The highest BCUT2D eigenvalue weighted by molar-refractivity contribution is 9.10. The molecule has 4 nitrogen and oxygen atoms in total. The van der Waals surface area contributed by atoms with Crippen LogP contribution in [0.1, 0.15) is 18.5 Å². The zero-order chi connectivity index (χ0) is 16.3. The van der Waals surface area contributed by atoms with E-state index in [1.165, 1.54) is 31.4 Å². The zero-order valence-electron chi connectivity index (χ0n) is 12.0. The van der Waals surface area contributed by atoms with Gasteiger partial charge < -0.3 is 4.74 Å². The SMILES string of the molecule is COc1ccc(S(=O)(=O)N[C@H](C)c2ccc(F)cc2)cc1Br. The summed E-state index contributed by atoms with van der Waals surface area (Å²) in [5.41, 5.74) is 0.678. The lowest BCUT2D eigenvalue weighted by molar-refractivity contribution is 0.411. The fraction of sp³-hybridized carbons (Fsp3) is 0.200. The van der Waals surface area contributed by atoms with Crippen molar-refractivity contribution in [1.29, 1.82) is 0 Å². The molecule has 0 spiro atoms. The van der Waals surface area contributed by atoms with Crippen molar-refractivity contribution in [2.24, 2.45) is 0 Å². The van der Waals surface area contributed by atoms with Crippen LogP contribution in [-0.4, -0.2) is 15.5 Å². The smallest absolute Gasteiger partial charge is 0.241 e. The number of sulfonamides is 1. The Morgan fingerprint density at radius 3 is 2.36 bits per heavy atom. The molecule has 1 N–H and O–H groups in total. The van der Waals surface area contributed by atoms with Crippen molar-refractivity contribution in [2.45, 2.75) is 17.9 Å². The number of nitrogens with one attached hydrogen (secondary N) is 1. The Morgan fingerprint density at radius 1 is 1.18 bits per heavy atom. The molecule has 0 amide bonds. The summed E-state index contributed by atoms with van der Waals surface area (Å²) < 4.78 is 45.9. The first-order chi connectivity index (χ1) is 10.3. The van der Waals surface area contributed by atoms with Crippen molar-refractivity contribution in [3.05, 3.63) is 58.3 Å². The first kappa shape index (κ1) is 16.9. The van der Waals surface area contributed by atoms with Gasteiger partial charge in [-0.25, -0.2) is 17.5 Å². The minimum Gasteiger partial charge on any atom is -0.496 e. The molecule has 0 fully saturated rings. The number of hydrogen-bond donors (Lipinski definition) is 1. The molecule has 22 heavy (non-hydrogen) atoms. The lowest BCUT2D eigenvalue weighted by Gasteiger charge is -2.15. The van der Waals surface area contributed by atoms with Crippen molar-refractivity contribution in [3.8, 4) is 5.75 Å². The highest BCUT2D eigenvalue weighted by atomic mass is 79.9. The fourth-order valence-corrected chi connectivity index (χ4v) is 3.88. The first-order valence-corrected chi connectivity index (χ1v) is 8.72. The van der Waals surface area contributed by atoms with E-state index in [1.807, 2.05) is 0 Å². The van der Waals surface area contributed by atoms with E-state index in [1.54, 1.807) is 25.1 Å². The van der Waals surface area contributed by atoms with Crippen molar-refractivity contribution < 1.29 is 17.5 Å². The van der Waals surface area contributed by atoms with E-state index in [4.69, 9.17) is 4.74 Å². The summed E-state index contributed by atoms with van der Waals surface area (Å²) in [4.78, 5) is 0.120. The minimum absolute atomic E-state index is 0.120. The maximum atomic E-state index is 12.9. The third-order valence-electron chi connectivity index (χ3n) is 3.14. The van der Waals surface area contributed by atoms with Crippen LogP contribution in [0.2, 0.25) is 0 Å². The van der Waals surface area contributed by atoms with Gasteiger partial charge in [-0.1, -0.05) is 12.1 Å². The summed E-state index contributed by atoms with van der Waals surface area (Å²) in [5, 5.41) is 0. The number of ether oxygens (including phenoxy) is 1. The molecular formula is C15H15BrFNO3S. The van der Waals surface area contributed by atoms with Gasteiger partial charge in [0.2, 0.25) is 10.0 Å². The summed E-state index contributed by atoms with van der Waals surface area (Å²) in [5.74, 6) is 0.184.